The minimum absolute atomic E-state index is 0.585. The first-order valence-electron chi connectivity index (χ1n) is 7.27. The topological polar surface area (TPSA) is 26.0 Å². The van der Waals surface area contributed by atoms with Crippen molar-refractivity contribution in [1.29, 1.82) is 0 Å². The molecule has 2 N–H and O–H groups in total. The van der Waals surface area contributed by atoms with Gasteiger partial charge in [-0.05, 0) is 41.7 Å². The zero-order valence-electron chi connectivity index (χ0n) is 12.3. The van der Waals surface area contributed by atoms with Gasteiger partial charge in [0.15, 0.2) is 0 Å². The monoisotopic (exact) mass is 303 g/mol. The Morgan fingerprint density at radius 3 is 1.68 bits per heavy atom. The van der Waals surface area contributed by atoms with E-state index in [0.29, 0.717) is 0 Å². The standard InChI is InChI=1S/C20H18NP/c21-16-15-17-9-7-8-14-20(17)22(18-10-3-1-4-11-18)19-12-5-2-6-13-19/h1-16H,21H2. The molecule has 0 amide bonds. The van der Waals surface area contributed by atoms with Crippen molar-refractivity contribution in [2.24, 2.45) is 5.73 Å². The van der Waals surface area contributed by atoms with Crippen molar-refractivity contribution in [2.75, 3.05) is 0 Å². The molecule has 3 aromatic carbocycles. The first kappa shape index (κ1) is 14.6. The Labute approximate surface area is 132 Å². The Morgan fingerprint density at radius 1 is 0.636 bits per heavy atom. The van der Waals surface area contributed by atoms with Crippen LogP contribution in [0.5, 0.6) is 0 Å². The summed E-state index contributed by atoms with van der Waals surface area (Å²) in [4.78, 5) is 0. The first-order chi connectivity index (χ1) is 10.9. The van der Waals surface area contributed by atoms with Gasteiger partial charge in [0.2, 0.25) is 0 Å². The molecule has 0 aromatic heterocycles. The highest BCUT2D eigenvalue weighted by atomic mass is 31.1. The Balaban J connectivity index is 2.19. The molecular weight excluding hydrogens is 285 g/mol. The van der Waals surface area contributed by atoms with Gasteiger partial charge in [-0.25, -0.2) is 0 Å². The second-order valence-corrected chi connectivity index (χ2v) is 7.11. The third-order valence-corrected chi connectivity index (χ3v) is 6.00. The summed E-state index contributed by atoms with van der Waals surface area (Å²) in [5.41, 5.74) is 6.82. The Kier molecular flexibility index (Phi) is 4.68. The second kappa shape index (κ2) is 7.06. The van der Waals surface area contributed by atoms with Gasteiger partial charge in [0.25, 0.3) is 0 Å². The largest absolute Gasteiger partial charge is 0.405 e. The predicted molar refractivity (Wildman–Crippen MR) is 98.4 cm³/mol. The zero-order chi connectivity index (χ0) is 15.2. The van der Waals surface area contributed by atoms with Crippen LogP contribution in [0.25, 0.3) is 6.08 Å². The highest BCUT2D eigenvalue weighted by Crippen LogP contribution is 2.34. The van der Waals surface area contributed by atoms with E-state index in [4.69, 9.17) is 5.73 Å². The summed E-state index contributed by atoms with van der Waals surface area (Å²) >= 11 is 0. The minimum Gasteiger partial charge on any atom is -0.405 e. The average Bonchev–Trinajstić information content (AvgIpc) is 2.59. The average molecular weight is 303 g/mol. The van der Waals surface area contributed by atoms with E-state index >= 15 is 0 Å². The van der Waals surface area contributed by atoms with Gasteiger partial charge in [0.1, 0.15) is 0 Å². The summed E-state index contributed by atoms with van der Waals surface area (Å²) in [5, 5.41) is 4.03. The molecule has 2 heteroatoms. The van der Waals surface area contributed by atoms with Crippen LogP contribution in [-0.4, -0.2) is 0 Å². The fourth-order valence-corrected chi connectivity index (χ4v) is 4.95. The van der Waals surface area contributed by atoms with Crippen molar-refractivity contribution in [3.63, 3.8) is 0 Å². The van der Waals surface area contributed by atoms with E-state index in [-0.39, 0.29) is 0 Å². The Hall–Kier alpha value is -2.37. The first-order valence-corrected chi connectivity index (χ1v) is 8.62. The van der Waals surface area contributed by atoms with Crippen LogP contribution in [0.4, 0.5) is 0 Å². The Bertz CT molecular complexity index is 711. The molecule has 1 nitrogen and oxygen atoms in total. The quantitative estimate of drug-likeness (QED) is 0.735. The maximum absolute atomic E-state index is 5.63. The maximum atomic E-state index is 5.63. The van der Waals surface area contributed by atoms with Gasteiger partial charge in [-0.1, -0.05) is 84.9 Å². The van der Waals surface area contributed by atoms with Gasteiger partial charge in [-0.3, -0.25) is 0 Å². The van der Waals surface area contributed by atoms with Crippen LogP contribution in [0.3, 0.4) is 0 Å². The Morgan fingerprint density at radius 2 is 1.14 bits per heavy atom. The van der Waals surface area contributed by atoms with E-state index in [2.05, 4.69) is 84.9 Å². The van der Waals surface area contributed by atoms with Gasteiger partial charge in [-0.15, -0.1) is 0 Å². The molecule has 0 bridgehead atoms. The molecular formula is C20H18NP. The molecule has 22 heavy (non-hydrogen) atoms. The van der Waals surface area contributed by atoms with Crippen molar-refractivity contribution in [3.05, 3.63) is 96.7 Å². The van der Waals surface area contributed by atoms with Crippen molar-refractivity contribution >= 4 is 29.9 Å². The van der Waals surface area contributed by atoms with E-state index in [1.807, 2.05) is 6.08 Å². The molecule has 0 fully saturated rings. The lowest BCUT2D eigenvalue weighted by molar-refractivity contribution is 1.62. The fraction of sp³-hybridized carbons (Fsp3) is 0. The van der Waals surface area contributed by atoms with Crippen LogP contribution in [0.1, 0.15) is 5.56 Å². The zero-order valence-corrected chi connectivity index (χ0v) is 13.2. The molecule has 0 unspecified atom stereocenters. The summed E-state index contributed by atoms with van der Waals surface area (Å²) in [6.45, 7) is 0. The predicted octanol–water partition coefficient (Wildman–Crippen LogP) is 3.37. The van der Waals surface area contributed by atoms with Crippen LogP contribution in [0, 0.1) is 0 Å². The molecule has 0 aliphatic carbocycles. The lowest BCUT2D eigenvalue weighted by Gasteiger charge is -2.21. The van der Waals surface area contributed by atoms with Crippen molar-refractivity contribution in [1.82, 2.24) is 0 Å². The minimum atomic E-state index is -0.585. The van der Waals surface area contributed by atoms with Gasteiger partial charge in [0.05, 0.1) is 0 Å². The molecule has 0 aliphatic rings. The van der Waals surface area contributed by atoms with Crippen molar-refractivity contribution in [3.8, 4) is 0 Å². The number of hydrogen-bond acceptors (Lipinski definition) is 1. The highest BCUT2D eigenvalue weighted by molar-refractivity contribution is 7.80. The number of rotatable bonds is 4. The van der Waals surface area contributed by atoms with E-state index in [9.17, 15) is 0 Å². The number of hydrogen-bond donors (Lipinski definition) is 1. The highest BCUT2D eigenvalue weighted by Gasteiger charge is 2.17. The third kappa shape index (κ3) is 3.10. The molecule has 0 radical (unpaired) electrons. The summed E-state index contributed by atoms with van der Waals surface area (Å²) in [5.74, 6) is 0. The summed E-state index contributed by atoms with van der Waals surface area (Å²) < 4.78 is 0. The van der Waals surface area contributed by atoms with E-state index in [1.165, 1.54) is 21.5 Å². The smallest absolute Gasteiger partial charge is 0.00561 e. The van der Waals surface area contributed by atoms with Crippen molar-refractivity contribution in [2.45, 2.75) is 0 Å². The van der Waals surface area contributed by atoms with E-state index in [1.54, 1.807) is 6.20 Å². The summed E-state index contributed by atoms with van der Waals surface area (Å²) in [6, 6.07) is 29.9. The lowest BCUT2D eigenvalue weighted by Crippen LogP contribution is -2.22. The molecule has 0 spiro atoms. The third-order valence-electron chi connectivity index (χ3n) is 3.48. The molecule has 0 saturated carbocycles. The van der Waals surface area contributed by atoms with E-state index < -0.39 is 7.92 Å². The number of nitrogens with two attached hydrogens (primary N) is 1. The van der Waals surface area contributed by atoms with Gasteiger partial charge in [-0.2, -0.15) is 0 Å². The maximum Gasteiger partial charge on any atom is -0.00561 e. The van der Waals surface area contributed by atoms with Gasteiger partial charge >= 0.3 is 0 Å². The molecule has 0 atom stereocenters. The van der Waals surface area contributed by atoms with Gasteiger partial charge in [0, 0.05) is 0 Å². The van der Waals surface area contributed by atoms with Crippen molar-refractivity contribution < 1.29 is 0 Å². The summed E-state index contributed by atoms with van der Waals surface area (Å²) in [6.07, 6.45) is 3.60. The van der Waals surface area contributed by atoms with Crippen LogP contribution < -0.4 is 21.6 Å². The van der Waals surface area contributed by atoms with Crippen LogP contribution in [-0.2, 0) is 0 Å². The van der Waals surface area contributed by atoms with Crippen LogP contribution in [0.2, 0.25) is 0 Å². The van der Waals surface area contributed by atoms with E-state index in [0.717, 1.165) is 0 Å². The number of benzene rings is 3. The summed E-state index contributed by atoms with van der Waals surface area (Å²) in [7, 11) is -0.585. The molecule has 0 aliphatic heterocycles. The fourth-order valence-electron chi connectivity index (χ4n) is 2.52. The molecule has 0 saturated heterocycles. The lowest BCUT2D eigenvalue weighted by atomic mass is 10.2. The van der Waals surface area contributed by atoms with Gasteiger partial charge < -0.3 is 5.73 Å². The molecule has 3 rings (SSSR count). The normalized spacial score (nSPS) is 11.1. The molecule has 0 heterocycles. The molecule has 3 aromatic rings. The molecule has 108 valence electrons. The second-order valence-electron chi connectivity index (χ2n) is 4.92. The SMILES string of the molecule is NC=Cc1ccccc1P(c1ccccc1)c1ccccc1. The van der Waals surface area contributed by atoms with Crippen LogP contribution in [0.15, 0.2) is 91.1 Å². The van der Waals surface area contributed by atoms with Crippen LogP contribution >= 0.6 is 7.92 Å².